The van der Waals surface area contributed by atoms with Crippen molar-refractivity contribution in [3.05, 3.63) is 87.0 Å². The third kappa shape index (κ3) is 5.96. The number of carboxylic acids is 1. The van der Waals surface area contributed by atoms with Gasteiger partial charge in [-0.1, -0.05) is 37.3 Å². The molecular weight excluding hydrogens is 536 g/mol. The van der Waals surface area contributed by atoms with E-state index in [0.717, 1.165) is 16.7 Å². The van der Waals surface area contributed by atoms with Gasteiger partial charge in [0.1, 0.15) is 23.8 Å². The topological polar surface area (TPSA) is 89.0 Å². The zero-order chi connectivity index (χ0) is 26.7. The molecule has 4 rings (SSSR count). The number of esters is 1. The first-order chi connectivity index (χ1) is 17.6. The van der Waals surface area contributed by atoms with Crippen LogP contribution in [0.25, 0.3) is 0 Å². The van der Waals surface area contributed by atoms with Gasteiger partial charge < -0.3 is 19.5 Å². The van der Waals surface area contributed by atoms with E-state index in [9.17, 15) is 14.7 Å². The Labute approximate surface area is 225 Å². The van der Waals surface area contributed by atoms with E-state index >= 15 is 0 Å². The second kappa shape index (κ2) is 10.9. The fraction of sp³-hybridized carbons (Fsp3) is 0.345. The van der Waals surface area contributed by atoms with Gasteiger partial charge in [-0.25, -0.2) is 14.6 Å². The lowest BCUT2D eigenvalue weighted by Crippen LogP contribution is -2.37. The molecule has 1 atom stereocenters. The number of aromatic nitrogens is 1. The monoisotopic (exact) mass is 566 g/mol. The number of fused-ring (bicyclic) bond motifs is 1. The number of nitrogens with zero attached hydrogens (tertiary/aromatic N) is 2. The molecule has 3 aromatic rings. The van der Waals surface area contributed by atoms with Crippen LogP contribution in [0.5, 0.6) is 5.75 Å². The summed E-state index contributed by atoms with van der Waals surface area (Å²) in [5.74, 6) is -0.215. The number of carboxylic acid groups (broad SMARTS) is 1. The average Bonchev–Trinajstić information content (AvgIpc) is 2.86. The Hall–Kier alpha value is -3.39. The Morgan fingerprint density at radius 3 is 2.49 bits per heavy atom. The minimum absolute atomic E-state index is 0.187. The lowest BCUT2D eigenvalue weighted by atomic mass is 9.86. The standard InChI is InChI=1S/C29H31BrN2O5/c1-5-22-25-19(23(13-11-20(25)27(33)34)36-17-18-9-7-6-8-10-18)15-16-32(22)24-14-12-21(30)26(31-24)28(35)37-29(2,3)4/h6-14,22H,5,15-17H2,1-4H3,(H,33,34). The van der Waals surface area contributed by atoms with E-state index in [1.165, 1.54) is 0 Å². The summed E-state index contributed by atoms with van der Waals surface area (Å²) in [6.45, 7) is 8.43. The van der Waals surface area contributed by atoms with Crippen LogP contribution in [0.3, 0.4) is 0 Å². The Morgan fingerprint density at radius 2 is 1.84 bits per heavy atom. The highest BCUT2D eigenvalue weighted by molar-refractivity contribution is 9.10. The Kier molecular flexibility index (Phi) is 7.87. The van der Waals surface area contributed by atoms with Crippen LogP contribution in [-0.4, -0.2) is 34.2 Å². The van der Waals surface area contributed by atoms with Crippen molar-refractivity contribution >= 4 is 33.7 Å². The Balaban J connectivity index is 1.71. The van der Waals surface area contributed by atoms with Gasteiger partial charge in [0.15, 0.2) is 5.69 Å². The average molecular weight is 567 g/mol. The van der Waals surface area contributed by atoms with Crippen LogP contribution in [0.2, 0.25) is 0 Å². The van der Waals surface area contributed by atoms with E-state index in [-0.39, 0.29) is 17.3 Å². The van der Waals surface area contributed by atoms with Gasteiger partial charge in [-0.3, -0.25) is 0 Å². The molecule has 2 heterocycles. The second-order valence-electron chi connectivity index (χ2n) is 9.95. The van der Waals surface area contributed by atoms with Crippen LogP contribution in [0, 0.1) is 0 Å². The van der Waals surface area contributed by atoms with Crippen molar-refractivity contribution < 1.29 is 24.2 Å². The first-order valence-electron chi connectivity index (χ1n) is 12.3. The minimum Gasteiger partial charge on any atom is -0.489 e. The zero-order valence-electron chi connectivity index (χ0n) is 21.5. The van der Waals surface area contributed by atoms with Crippen molar-refractivity contribution in [3.63, 3.8) is 0 Å². The lowest BCUT2D eigenvalue weighted by molar-refractivity contribution is 0.00615. The van der Waals surface area contributed by atoms with Gasteiger partial charge in [-0.15, -0.1) is 0 Å². The van der Waals surface area contributed by atoms with Crippen molar-refractivity contribution in [2.45, 2.75) is 58.8 Å². The van der Waals surface area contributed by atoms with E-state index < -0.39 is 17.5 Å². The molecule has 37 heavy (non-hydrogen) atoms. The maximum atomic E-state index is 12.8. The molecule has 0 aliphatic carbocycles. The molecule has 1 aliphatic rings. The van der Waals surface area contributed by atoms with E-state index in [1.807, 2.05) is 64.1 Å². The normalized spacial score (nSPS) is 15.2. The number of pyridine rings is 1. The minimum atomic E-state index is -0.982. The molecule has 0 amide bonds. The number of hydrogen-bond acceptors (Lipinski definition) is 6. The fourth-order valence-corrected chi connectivity index (χ4v) is 5.03. The van der Waals surface area contributed by atoms with Crippen molar-refractivity contribution in [1.29, 1.82) is 0 Å². The molecule has 0 radical (unpaired) electrons. The SMILES string of the molecule is CCC1c2c(C(=O)O)ccc(OCc3ccccc3)c2CCN1c1ccc(Br)c(C(=O)OC(C)(C)C)n1. The van der Waals surface area contributed by atoms with Gasteiger partial charge in [0.25, 0.3) is 0 Å². The molecule has 1 aliphatic heterocycles. The number of carbonyl (C=O) groups is 2. The molecule has 0 bridgehead atoms. The van der Waals surface area contributed by atoms with Gasteiger partial charge in [0.05, 0.1) is 16.1 Å². The summed E-state index contributed by atoms with van der Waals surface area (Å²) in [5.41, 5.74) is 2.46. The summed E-state index contributed by atoms with van der Waals surface area (Å²) in [4.78, 5) is 31.8. The molecule has 1 unspecified atom stereocenters. The van der Waals surface area contributed by atoms with Gasteiger partial charge in [0.2, 0.25) is 0 Å². The number of halogens is 1. The maximum Gasteiger partial charge on any atom is 0.358 e. The molecule has 1 N–H and O–H groups in total. The summed E-state index contributed by atoms with van der Waals surface area (Å²) >= 11 is 3.42. The zero-order valence-corrected chi connectivity index (χ0v) is 23.0. The Bertz CT molecular complexity index is 1300. The first-order valence-corrected chi connectivity index (χ1v) is 13.1. The number of ether oxygens (including phenoxy) is 2. The highest BCUT2D eigenvalue weighted by atomic mass is 79.9. The van der Waals surface area contributed by atoms with Crippen LogP contribution in [0.4, 0.5) is 5.82 Å². The van der Waals surface area contributed by atoms with Crippen molar-refractivity contribution in [2.24, 2.45) is 0 Å². The summed E-state index contributed by atoms with van der Waals surface area (Å²) in [6.07, 6.45) is 1.23. The second-order valence-corrected chi connectivity index (χ2v) is 10.8. The molecule has 1 aromatic heterocycles. The molecule has 0 saturated heterocycles. The Morgan fingerprint density at radius 1 is 1.11 bits per heavy atom. The number of hydrogen-bond donors (Lipinski definition) is 1. The van der Waals surface area contributed by atoms with Crippen LogP contribution in [-0.2, 0) is 17.8 Å². The predicted octanol–water partition coefficient (Wildman–Crippen LogP) is 6.59. The van der Waals surface area contributed by atoms with E-state index in [2.05, 4.69) is 25.8 Å². The van der Waals surface area contributed by atoms with Gasteiger partial charge in [-0.05, 0) is 84.9 Å². The summed E-state index contributed by atoms with van der Waals surface area (Å²) in [6, 6.07) is 16.6. The van der Waals surface area contributed by atoms with Crippen LogP contribution >= 0.6 is 15.9 Å². The number of carbonyl (C=O) groups excluding carboxylic acids is 1. The third-order valence-electron chi connectivity index (χ3n) is 6.20. The quantitative estimate of drug-likeness (QED) is 0.322. The summed E-state index contributed by atoms with van der Waals surface area (Å²) in [5, 5.41) is 10.0. The number of rotatable bonds is 7. The van der Waals surface area contributed by atoms with E-state index in [1.54, 1.807) is 18.2 Å². The summed E-state index contributed by atoms with van der Waals surface area (Å²) < 4.78 is 12.3. The van der Waals surface area contributed by atoms with E-state index in [0.29, 0.717) is 42.0 Å². The van der Waals surface area contributed by atoms with Gasteiger partial charge in [0, 0.05) is 12.1 Å². The highest BCUT2D eigenvalue weighted by Crippen LogP contribution is 2.41. The smallest absolute Gasteiger partial charge is 0.358 e. The third-order valence-corrected chi connectivity index (χ3v) is 6.84. The van der Waals surface area contributed by atoms with Crippen LogP contribution in [0.1, 0.15) is 77.7 Å². The lowest BCUT2D eigenvalue weighted by Gasteiger charge is -2.39. The molecule has 2 aromatic carbocycles. The molecule has 0 spiro atoms. The summed E-state index contributed by atoms with van der Waals surface area (Å²) in [7, 11) is 0. The first kappa shape index (κ1) is 26.7. The van der Waals surface area contributed by atoms with Gasteiger partial charge in [-0.2, -0.15) is 0 Å². The van der Waals surface area contributed by atoms with Crippen molar-refractivity contribution in [2.75, 3.05) is 11.4 Å². The number of anilines is 1. The van der Waals surface area contributed by atoms with Crippen LogP contribution in [0.15, 0.2) is 59.1 Å². The molecular formula is C29H31BrN2O5. The maximum absolute atomic E-state index is 12.8. The number of aromatic carboxylic acids is 1. The predicted molar refractivity (Wildman–Crippen MR) is 145 cm³/mol. The molecule has 0 fully saturated rings. The molecule has 0 saturated carbocycles. The fourth-order valence-electron chi connectivity index (χ4n) is 4.64. The largest absolute Gasteiger partial charge is 0.489 e. The van der Waals surface area contributed by atoms with Crippen molar-refractivity contribution in [3.8, 4) is 5.75 Å². The van der Waals surface area contributed by atoms with Gasteiger partial charge >= 0.3 is 11.9 Å². The number of benzene rings is 2. The van der Waals surface area contributed by atoms with Crippen molar-refractivity contribution in [1.82, 2.24) is 4.98 Å². The van der Waals surface area contributed by atoms with E-state index in [4.69, 9.17) is 9.47 Å². The molecule has 8 heteroatoms. The highest BCUT2D eigenvalue weighted by Gasteiger charge is 2.34. The van der Waals surface area contributed by atoms with Crippen LogP contribution < -0.4 is 9.64 Å². The molecule has 194 valence electrons. The molecule has 7 nitrogen and oxygen atoms in total.